The average Bonchev–Trinajstić information content (AvgIpc) is 3.32. The molecule has 1 saturated carbocycles. The number of nitrogens with zero attached hydrogens (tertiary/aromatic N) is 7. The fraction of sp³-hybridized carbons (Fsp3) is 0.423. The molecule has 1 aliphatic carbocycles. The highest BCUT2D eigenvalue weighted by atomic mass is 32.1. The number of carbonyl (C=O) groups is 3. The molecular formula is C26H30N8O4S. The molecule has 0 aromatic carbocycles. The third kappa shape index (κ3) is 5.64. The summed E-state index contributed by atoms with van der Waals surface area (Å²) in [7, 11) is 0. The van der Waals surface area contributed by atoms with E-state index in [1.165, 1.54) is 9.58 Å². The van der Waals surface area contributed by atoms with E-state index in [2.05, 4.69) is 43.1 Å². The van der Waals surface area contributed by atoms with Crippen molar-refractivity contribution in [3.63, 3.8) is 0 Å². The zero-order valence-electron chi connectivity index (χ0n) is 21.6. The number of thiol groups is 1. The van der Waals surface area contributed by atoms with Crippen molar-refractivity contribution in [1.29, 1.82) is 0 Å². The van der Waals surface area contributed by atoms with Crippen LogP contribution in [0.3, 0.4) is 0 Å². The molecule has 2 amide bonds. The van der Waals surface area contributed by atoms with Gasteiger partial charge in [0.2, 0.25) is 5.91 Å². The van der Waals surface area contributed by atoms with Gasteiger partial charge in [-0.15, -0.1) is 5.10 Å². The second-order valence-electron chi connectivity index (χ2n) is 10.5. The van der Waals surface area contributed by atoms with E-state index in [0.717, 1.165) is 11.4 Å². The lowest BCUT2D eigenvalue weighted by Crippen LogP contribution is -2.70. The molecule has 0 radical (unpaired) electrons. The monoisotopic (exact) mass is 550 g/mol. The van der Waals surface area contributed by atoms with Gasteiger partial charge in [-0.3, -0.25) is 24.5 Å². The summed E-state index contributed by atoms with van der Waals surface area (Å²) in [6, 6.07) is 10.1. The van der Waals surface area contributed by atoms with E-state index in [9.17, 15) is 19.5 Å². The number of aromatic nitrogens is 5. The summed E-state index contributed by atoms with van der Waals surface area (Å²) in [6.07, 6.45) is 5.58. The molecule has 5 rings (SSSR count). The number of hydrogen-bond donors (Lipinski definition) is 3. The number of aliphatic carboxylic acids is 1. The standard InChI is InChI=1S/C26H30N8O4S/c1-25(2,39)22(23(36)37)34-20-11-26(20,24(34)38)29-21(35)16-33-15-19(30-31-33)14-32(12-17-7-3-5-9-27-17)13-18-8-4-6-10-28-18/h3-10,15,20,22,39H,11-14,16H2,1-2H3,(H,29,35)(H,36,37)/t20?,22-,26-/m0/s1. The lowest BCUT2D eigenvalue weighted by molar-refractivity contribution is -0.161. The predicted octanol–water partition coefficient (Wildman–Crippen LogP) is 0.902. The van der Waals surface area contributed by atoms with Crippen molar-refractivity contribution < 1.29 is 19.5 Å². The van der Waals surface area contributed by atoms with Crippen molar-refractivity contribution in [2.24, 2.45) is 0 Å². The van der Waals surface area contributed by atoms with E-state index in [1.54, 1.807) is 32.4 Å². The molecule has 2 aliphatic rings. The number of rotatable bonds is 12. The van der Waals surface area contributed by atoms with Crippen molar-refractivity contribution in [3.8, 4) is 0 Å². The highest BCUT2D eigenvalue weighted by Crippen LogP contribution is 2.54. The Kier molecular flexibility index (Phi) is 7.12. The number of β-lactam (4-membered cyclic amide) rings is 1. The van der Waals surface area contributed by atoms with Gasteiger partial charge in [0.15, 0.2) is 0 Å². The fourth-order valence-corrected chi connectivity index (χ4v) is 5.36. The van der Waals surface area contributed by atoms with Gasteiger partial charge in [-0.05, 0) is 38.1 Å². The van der Waals surface area contributed by atoms with E-state index in [4.69, 9.17) is 0 Å². The van der Waals surface area contributed by atoms with Gasteiger partial charge in [0.25, 0.3) is 5.91 Å². The number of hydrogen-bond acceptors (Lipinski definition) is 9. The van der Waals surface area contributed by atoms with Gasteiger partial charge < -0.3 is 15.3 Å². The summed E-state index contributed by atoms with van der Waals surface area (Å²) in [5.74, 6) is -1.91. The van der Waals surface area contributed by atoms with Gasteiger partial charge in [-0.2, -0.15) is 12.6 Å². The van der Waals surface area contributed by atoms with Crippen LogP contribution in [0.2, 0.25) is 0 Å². The Morgan fingerprint density at radius 2 is 1.74 bits per heavy atom. The number of nitrogens with one attached hydrogen (secondary N) is 1. The van der Waals surface area contributed by atoms with Gasteiger partial charge in [-0.25, -0.2) is 9.48 Å². The highest BCUT2D eigenvalue weighted by molar-refractivity contribution is 7.81. The van der Waals surface area contributed by atoms with Gasteiger partial charge in [-0.1, -0.05) is 17.3 Å². The number of likely N-dealkylation sites (tertiary alicyclic amines) is 1. The molecule has 1 aliphatic heterocycles. The molecule has 0 bridgehead atoms. The lowest BCUT2D eigenvalue weighted by atomic mass is 9.95. The minimum Gasteiger partial charge on any atom is -0.480 e. The molecule has 13 heteroatoms. The number of carbonyl (C=O) groups excluding carboxylic acids is 2. The Morgan fingerprint density at radius 1 is 1.13 bits per heavy atom. The maximum absolute atomic E-state index is 12.9. The van der Waals surface area contributed by atoms with E-state index in [1.807, 2.05) is 36.4 Å². The number of pyridine rings is 2. The minimum absolute atomic E-state index is 0.115. The molecular weight excluding hydrogens is 520 g/mol. The summed E-state index contributed by atoms with van der Waals surface area (Å²) in [5.41, 5.74) is 1.45. The molecule has 1 saturated heterocycles. The molecule has 4 heterocycles. The summed E-state index contributed by atoms with van der Waals surface area (Å²) in [4.78, 5) is 49.8. The van der Waals surface area contributed by atoms with Crippen LogP contribution in [0, 0.1) is 0 Å². The maximum Gasteiger partial charge on any atom is 0.327 e. The molecule has 2 N–H and O–H groups in total. The number of fused-ring (bicyclic) bond motifs is 1. The molecule has 0 spiro atoms. The Hall–Kier alpha value is -3.84. The van der Waals surface area contributed by atoms with Gasteiger partial charge in [0, 0.05) is 43.2 Å². The molecule has 204 valence electrons. The van der Waals surface area contributed by atoms with Crippen LogP contribution in [0.5, 0.6) is 0 Å². The first-order chi connectivity index (χ1) is 18.6. The molecule has 3 aromatic rings. The number of carboxylic acid groups (broad SMARTS) is 1. The van der Waals surface area contributed by atoms with Crippen molar-refractivity contribution in [2.75, 3.05) is 0 Å². The Morgan fingerprint density at radius 3 is 2.26 bits per heavy atom. The van der Waals surface area contributed by atoms with E-state index in [-0.39, 0.29) is 12.6 Å². The number of amides is 2. The third-order valence-electron chi connectivity index (χ3n) is 6.92. The summed E-state index contributed by atoms with van der Waals surface area (Å²) in [5, 5.41) is 20.7. The topological polar surface area (TPSA) is 146 Å². The zero-order valence-corrected chi connectivity index (χ0v) is 22.5. The Balaban J connectivity index is 1.19. The predicted molar refractivity (Wildman–Crippen MR) is 142 cm³/mol. The second-order valence-corrected chi connectivity index (χ2v) is 11.7. The van der Waals surface area contributed by atoms with Crippen LogP contribution in [-0.2, 0) is 40.6 Å². The first-order valence-electron chi connectivity index (χ1n) is 12.6. The maximum atomic E-state index is 12.9. The summed E-state index contributed by atoms with van der Waals surface area (Å²) >= 11 is 4.37. The molecule has 3 atom stereocenters. The zero-order chi connectivity index (χ0) is 27.8. The Labute approximate surface area is 230 Å². The number of carboxylic acids is 1. The smallest absolute Gasteiger partial charge is 0.327 e. The van der Waals surface area contributed by atoms with Gasteiger partial charge in [0.1, 0.15) is 18.1 Å². The summed E-state index contributed by atoms with van der Waals surface area (Å²) in [6.45, 7) is 4.81. The van der Waals surface area contributed by atoms with Crippen molar-refractivity contribution >= 4 is 30.4 Å². The van der Waals surface area contributed by atoms with E-state index < -0.39 is 34.1 Å². The van der Waals surface area contributed by atoms with Gasteiger partial charge in [0.05, 0.1) is 29.3 Å². The van der Waals surface area contributed by atoms with Crippen LogP contribution in [0.15, 0.2) is 55.0 Å². The van der Waals surface area contributed by atoms with E-state index in [0.29, 0.717) is 31.7 Å². The quantitative estimate of drug-likeness (QED) is 0.221. The SMILES string of the molecule is CC(C)(S)[C@H](C(=O)O)N1C(=O)[C@]2(NC(=O)Cn3cc(CN(Cc4ccccn4)Cc4ccccn4)nn3)CC12. The van der Waals surface area contributed by atoms with Crippen LogP contribution in [0.4, 0.5) is 0 Å². The normalized spacial score (nSPS) is 20.8. The van der Waals surface area contributed by atoms with Crippen LogP contribution >= 0.6 is 12.6 Å². The highest BCUT2D eigenvalue weighted by Gasteiger charge is 2.77. The first-order valence-corrected chi connectivity index (χ1v) is 13.0. The van der Waals surface area contributed by atoms with Crippen molar-refractivity contribution in [1.82, 2.24) is 40.1 Å². The molecule has 1 unspecified atom stereocenters. The minimum atomic E-state index is -1.12. The first kappa shape index (κ1) is 26.8. The second kappa shape index (κ2) is 10.4. The van der Waals surface area contributed by atoms with Crippen LogP contribution in [0.25, 0.3) is 0 Å². The van der Waals surface area contributed by atoms with Crippen LogP contribution in [-0.4, -0.2) is 80.0 Å². The van der Waals surface area contributed by atoms with E-state index >= 15 is 0 Å². The van der Waals surface area contributed by atoms with Crippen molar-refractivity contribution in [3.05, 3.63) is 72.1 Å². The largest absolute Gasteiger partial charge is 0.480 e. The molecule has 2 fully saturated rings. The van der Waals surface area contributed by atoms with Crippen LogP contribution < -0.4 is 5.32 Å². The lowest BCUT2D eigenvalue weighted by Gasteiger charge is -2.45. The fourth-order valence-electron chi connectivity index (χ4n) is 5.13. The molecule has 3 aromatic heterocycles. The van der Waals surface area contributed by atoms with Crippen LogP contribution in [0.1, 0.15) is 37.4 Å². The molecule has 12 nitrogen and oxygen atoms in total. The third-order valence-corrected chi connectivity index (χ3v) is 7.17. The average molecular weight is 551 g/mol. The van der Waals surface area contributed by atoms with Crippen molar-refractivity contribution in [2.45, 2.75) is 68.8 Å². The summed E-state index contributed by atoms with van der Waals surface area (Å²) < 4.78 is 0.495. The molecule has 39 heavy (non-hydrogen) atoms. The van der Waals surface area contributed by atoms with Gasteiger partial charge >= 0.3 is 5.97 Å². The Bertz CT molecular complexity index is 1320.